The number of ether oxygens (including phenoxy) is 1. The first-order chi connectivity index (χ1) is 5.56. The van der Waals surface area contributed by atoms with E-state index in [0.29, 0.717) is 0 Å². The molecule has 8 nitrogen and oxygen atoms in total. The summed E-state index contributed by atoms with van der Waals surface area (Å²) >= 11 is 0. The minimum Gasteiger partial charge on any atom is -0.450 e. The highest BCUT2D eigenvalue weighted by molar-refractivity contribution is 5.57. The van der Waals surface area contributed by atoms with Gasteiger partial charge >= 0.3 is 12.3 Å². The molecule has 12 heavy (non-hydrogen) atoms. The molecule has 70 valence electrons. The van der Waals surface area contributed by atoms with Gasteiger partial charge in [0.15, 0.2) is 0 Å². The SMILES string of the molecule is O=C(O)OOC(CO)OC(=O)O. The van der Waals surface area contributed by atoms with Gasteiger partial charge in [-0.05, 0) is 0 Å². The summed E-state index contributed by atoms with van der Waals surface area (Å²) in [5, 5.41) is 24.1. The van der Waals surface area contributed by atoms with Crippen molar-refractivity contribution >= 4 is 12.3 Å². The number of rotatable bonds is 4. The molecule has 0 bridgehead atoms. The van der Waals surface area contributed by atoms with Crippen LogP contribution in [-0.2, 0) is 14.5 Å². The van der Waals surface area contributed by atoms with E-state index in [4.69, 9.17) is 15.3 Å². The first-order valence-electron chi connectivity index (χ1n) is 2.63. The molecule has 0 saturated carbocycles. The van der Waals surface area contributed by atoms with Crippen LogP contribution in [0.4, 0.5) is 9.59 Å². The first-order valence-corrected chi connectivity index (χ1v) is 2.63. The van der Waals surface area contributed by atoms with Crippen molar-refractivity contribution in [3.63, 3.8) is 0 Å². The zero-order valence-corrected chi connectivity index (χ0v) is 5.67. The molecule has 0 aromatic rings. The Kier molecular flexibility index (Phi) is 4.49. The van der Waals surface area contributed by atoms with Gasteiger partial charge in [0.25, 0.3) is 6.29 Å². The maximum Gasteiger partial charge on any atom is 0.538 e. The summed E-state index contributed by atoms with van der Waals surface area (Å²) in [6, 6.07) is 0. The highest BCUT2D eigenvalue weighted by atomic mass is 17.3. The quantitative estimate of drug-likeness (QED) is 0.233. The molecule has 0 aliphatic carbocycles. The van der Waals surface area contributed by atoms with E-state index in [1.807, 2.05) is 0 Å². The number of aliphatic hydroxyl groups is 1. The summed E-state index contributed by atoms with van der Waals surface area (Å²) < 4.78 is 3.81. The molecule has 1 atom stereocenters. The predicted molar refractivity (Wildman–Crippen MR) is 30.2 cm³/mol. The smallest absolute Gasteiger partial charge is 0.450 e. The molecule has 0 amide bonds. The van der Waals surface area contributed by atoms with Crippen LogP contribution in [0.2, 0.25) is 0 Å². The fraction of sp³-hybridized carbons (Fsp3) is 0.500. The van der Waals surface area contributed by atoms with Crippen LogP contribution in [0.25, 0.3) is 0 Å². The molecular weight excluding hydrogens is 176 g/mol. The lowest BCUT2D eigenvalue weighted by molar-refractivity contribution is -0.340. The second kappa shape index (κ2) is 5.16. The van der Waals surface area contributed by atoms with Crippen molar-refractivity contribution in [3.8, 4) is 0 Å². The first kappa shape index (κ1) is 10.5. The zero-order valence-electron chi connectivity index (χ0n) is 5.67. The minimum atomic E-state index is -1.78. The van der Waals surface area contributed by atoms with E-state index in [9.17, 15) is 9.59 Å². The molecule has 0 fully saturated rings. The molecule has 0 aliphatic heterocycles. The van der Waals surface area contributed by atoms with E-state index >= 15 is 0 Å². The van der Waals surface area contributed by atoms with Gasteiger partial charge in [0.2, 0.25) is 0 Å². The van der Waals surface area contributed by atoms with Gasteiger partial charge in [-0.3, -0.25) is 4.89 Å². The molecule has 0 radical (unpaired) electrons. The number of hydrogen-bond donors (Lipinski definition) is 3. The molecular formula is C4H6O8. The summed E-state index contributed by atoms with van der Waals surface area (Å²) in [5.41, 5.74) is 0. The minimum absolute atomic E-state index is 0.848. The highest BCUT2D eigenvalue weighted by Crippen LogP contribution is 1.95. The lowest BCUT2D eigenvalue weighted by Gasteiger charge is -2.09. The van der Waals surface area contributed by atoms with E-state index in [-0.39, 0.29) is 0 Å². The molecule has 0 heterocycles. The predicted octanol–water partition coefficient (Wildman–Crippen LogP) is -0.374. The average Bonchev–Trinajstić information content (AvgIpc) is 1.97. The van der Waals surface area contributed by atoms with Crippen LogP contribution >= 0.6 is 0 Å². The van der Waals surface area contributed by atoms with E-state index in [1.54, 1.807) is 0 Å². The van der Waals surface area contributed by atoms with Crippen LogP contribution in [0, 0.1) is 0 Å². The summed E-state index contributed by atoms with van der Waals surface area (Å²) in [4.78, 5) is 26.7. The van der Waals surface area contributed by atoms with Crippen LogP contribution in [0.1, 0.15) is 0 Å². The number of hydrogen-bond acceptors (Lipinski definition) is 6. The number of aliphatic hydroxyl groups excluding tert-OH is 1. The molecule has 3 N–H and O–H groups in total. The van der Waals surface area contributed by atoms with Gasteiger partial charge in [0.05, 0.1) is 0 Å². The fourth-order valence-electron chi connectivity index (χ4n) is 0.295. The molecule has 0 aliphatic rings. The lowest BCUT2D eigenvalue weighted by atomic mass is 10.7. The maximum absolute atomic E-state index is 9.80. The van der Waals surface area contributed by atoms with E-state index in [2.05, 4.69) is 14.5 Å². The van der Waals surface area contributed by atoms with Crippen molar-refractivity contribution < 1.29 is 39.4 Å². The second-order valence-electron chi connectivity index (χ2n) is 1.44. The molecule has 0 aromatic heterocycles. The zero-order chi connectivity index (χ0) is 9.56. The van der Waals surface area contributed by atoms with Crippen molar-refractivity contribution in [1.82, 2.24) is 0 Å². The van der Waals surface area contributed by atoms with Gasteiger partial charge in [-0.25, -0.2) is 9.59 Å². The van der Waals surface area contributed by atoms with Gasteiger partial charge in [0.1, 0.15) is 6.61 Å². The normalized spacial score (nSPS) is 11.8. The monoisotopic (exact) mass is 182 g/mol. The topological polar surface area (TPSA) is 123 Å². The van der Waals surface area contributed by atoms with Crippen molar-refractivity contribution in [2.75, 3.05) is 6.61 Å². The Balaban J connectivity index is 3.67. The third-order valence-corrected chi connectivity index (χ3v) is 0.608. The number of carbonyl (C=O) groups is 2. The van der Waals surface area contributed by atoms with E-state index < -0.39 is 25.2 Å². The standard InChI is InChI=1S/C4H6O8/c5-1-2(10-3(6)7)11-12-4(8)9/h2,5H,1H2,(H,6,7)(H,8,9). The molecule has 1 unspecified atom stereocenters. The molecule has 0 spiro atoms. The summed E-state index contributed by atoms with van der Waals surface area (Å²) in [6.07, 6.45) is -5.16. The lowest BCUT2D eigenvalue weighted by Crippen LogP contribution is -2.25. The van der Waals surface area contributed by atoms with Gasteiger partial charge < -0.3 is 20.1 Å². The third kappa shape index (κ3) is 5.26. The van der Waals surface area contributed by atoms with Gasteiger partial charge in [-0.2, -0.15) is 0 Å². The van der Waals surface area contributed by atoms with E-state index in [0.717, 1.165) is 0 Å². The molecule has 0 rings (SSSR count). The van der Waals surface area contributed by atoms with Gasteiger partial charge in [-0.15, -0.1) is 4.89 Å². The van der Waals surface area contributed by atoms with Crippen molar-refractivity contribution in [2.24, 2.45) is 0 Å². The van der Waals surface area contributed by atoms with Crippen molar-refractivity contribution in [1.29, 1.82) is 0 Å². The Morgan fingerprint density at radius 1 is 1.25 bits per heavy atom. The third-order valence-electron chi connectivity index (χ3n) is 0.608. The number of carboxylic acid groups (broad SMARTS) is 2. The highest BCUT2D eigenvalue weighted by Gasteiger charge is 2.15. The van der Waals surface area contributed by atoms with Crippen LogP contribution in [0.3, 0.4) is 0 Å². The van der Waals surface area contributed by atoms with Crippen LogP contribution in [-0.4, -0.2) is 40.5 Å². The molecule has 8 heteroatoms. The van der Waals surface area contributed by atoms with Crippen molar-refractivity contribution in [3.05, 3.63) is 0 Å². The second-order valence-corrected chi connectivity index (χ2v) is 1.44. The summed E-state index contributed by atoms with van der Waals surface area (Å²) in [5.74, 6) is 0. The van der Waals surface area contributed by atoms with Crippen LogP contribution < -0.4 is 0 Å². The summed E-state index contributed by atoms with van der Waals surface area (Å²) in [6.45, 7) is -0.848. The Morgan fingerprint density at radius 3 is 2.17 bits per heavy atom. The summed E-state index contributed by atoms with van der Waals surface area (Å²) in [7, 11) is 0. The maximum atomic E-state index is 9.80. The average molecular weight is 182 g/mol. The largest absolute Gasteiger partial charge is 0.538 e. The van der Waals surface area contributed by atoms with Crippen molar-refractivity contribution in [2.45, 2.75) is 6.29 Å². The molecule has 0 saturated heterocycles. The van der Waals surface area contributed by atoms with Crippen LogP contribution in [0.5, 0.6) is 0 Å². The van der Waals surface area contributed by atoms with Gasteiger partial charge in [-0.1, -0.05) is 0 Å². The Morgan fingerprint density at radius 2 is 1.83 bits per heavy atom. The van der Waals surface area contributed by atoms with Crippen LogP contribution in [0.15, 0.2) is 0 Å². The Bertz CT molecular complexity index is 164. The fourth-order valence-corrected chi connectivity index (χ4v) is 0.295. The van der Waals surface area contributed by atoms with E-state index in [1.165, 1.54) is 0 Å². The van der Waals surface area contributed by atoms with Gasteiger partial charge in [0, 0.05) is 0 Å². The Hall–Kier alpha value is -1.54. The Labute approximate surface area is 65.8 Å². The molecule has 0 aromatic carbocycles.